The molecule has 0 bridgehead atoms. The molecule has 290 valence electrons. The molecule has 6 heteroatoms. The van der Waals surface area contributed by atoms with Crippen molar-refractivity contribution in [2.45, 2.75) is 26.2 Å². The first-order valence-corrected chi connectivity index (χ1v) is 33.6. The Bertz CT molecular complexity index is 2410. The van der Waals surface area contributed by atoms with E-state index in [1.165, 1.54) is 53.7 Å². The fraction of sp³-hybridized carbons (Fsp3) is 0.154. The van der Waals surface area contributed by atoms with Crippen LogP contribution in [0.1, 0.15) is 0 Å². The molecule has 58 heavy (non-hydrogen) atoms. The molecule has 0 saturated carbocycles. The van der Waals surface area contributed by atoms with Gasteiger partial charge >= 0.3 is 0 Å². The lowest BCUT2D eigenvalue weighted by molar-refractivity contribution is 1.14. The first-order valence-electron chi connectivity index (χ1n) is 20.6. The van der Waals surface area contributed by atoms with Crippen molar-refractivity contribution in [3.63, 3.8) is 0 Å². The summed E-state index contributed by atoms with van der Waals surface area (Å²) >= 11 is 0. The maximum Gasteiger partial charge on any atom is 0.110 e. The van der Waals surface area contributed by atoms with Crippen molar-refractivity contribution in [3.8, 4) is 0 Å². The minimum atomic E-state index is -2.98. The molecule has 2 atom stereocenters. The summed E-state index contributed by atoms with van der Waals surface area (Å²) in [6.07, 6.45) is 0. The van der Waals surface area contributed by atoms with E-state index in [9.17, 15) is 0 Å². The van der Waals surface area contributed by atoms with Crippen molar-refractivity contribution in [2.24, 2.45) is 0 Å². The lowest BCUT2D eigenvalue weighted by atomic mass is 10.1. The Kier molecular flexibility index (Phi) is 10.6. The molecular weight excluding hydrogens is 765 g/mol. The summed E-state index contributed by atoms with van der Waals surface area (Å²) in [5.41, 5.74) is 2.60. The van der Waals surface area contributed by atoms with Gasteiger partial charge in [0, 0.05) is 50.3 Å². The molecule has 0 spiro atoms. The molecule has 0 aliphatic heterocycles. The third-order valence-electron chi connectivity index (χ3n) is 14.2. The smallest absolute Gasteiger partial charge is 0.110 e. The Morgan fingerprint density at radius 1 is 0.293 bits per heavy atom. The van der Waals surface area contributed by atoms with E-state index < -0.39 is 29.4 Å². The van der Waals surface area contributed by atoms with Gasteiger partial charge in [-0.2, -0.15) is 0 Å². The van der Waals surface area contributed by atoms with Gasteiger partial charge in [-0.3, -0.25) is 0 Å². The van der Waals surface area contributed by atoms with Gasteiger partial charge in [-0.1, -0.05) is 239 Å². The van der Waals surface area contributed by atoms with Crippen LogP contribution in [0.5, 0.6) is 0 Å². The lowest BCUT2D eigenvalue weighted by Crippen LogP contribution is -2.98. The number of anilines is 2. The molecule has 0 aliphatic carbocycles. The zero-order chi connectivity index (χ0) is 40.7. The lowest BCUT2D eigenvalue weighted by Gasteiger charge is -2.61. The van der Waals surface area contributed by atoms with E-state index in [0.29, 0.717) is 0 Å². The van der Waals surface area contributed by atoms with E-state index in [-0.39, 0.29) is 0 Å². The Hall–Kier alpha value is -5.25. The minimum Gasteiger partial charge on any atom is -0.377 e. The number of benzene rings is 8. The molecule has 0 heterocycles. The second kappa shape index (κ2) is 15.5. The summed E-state index contributed by atoms with van der Waals surface area (Å²) in [6, 6.07) is 75.9. The molecule has 2 nitrogen and oxygen atoms in total. The highest BCUT2D eigenvalue weighted by atomic mass is 29.8. The average molecular weight is 821 g/mol. The standard InChI is InChI=1S/C52H56N2Si4/c1-53(2)47-37-21-25-41-27-23-39-49(51(41)47)57(7,55(5,43-29-13-9-14-30-43)44-31-15-10-16-32-44)58(8,50-40-24-28-42-26-22-38-48(52(42)50)54(3)4)56(6,45-33-17-11-18-34-45)46-35-19-12-20-36-46/h9-40H,1-8H3/t57-,58+. The molecule has 0 amide bonds. The van der Waals surface area contributed by atoms with Gasteiger partial charge in [0.2, 0.25) is 0 Å². The summed E-state index contributed by atoms with van der Waals surface area (Å²) in [5.74, 6) is 0. The number of hydrogen-bond donors (Lipinski definition) is 0. The van der Waals surface area contributed by atoms with Crippen LogP contribution in [-0.2, 0) is 0 Å². The van der Waals surface area contributed by atoms with Crippen LogP contribution in [0.3, 0.4) is 0 Å². The molecular formula is C52H56N2Si4. The second-order valence-corrected chi connectivity index (χ2v) is 50.5. The van der Waals surface area contributed by atoms with E-state index in [0.717, 1.165) is 0 Å². The Labute approximate surface area is 349 Å². The number of rotatable bonds is 11. The summed E-state index contributed by atoms with van der Waals surface area (Å²) in [7, 11) is -2.63. The summed E-state index contributed by atoms with van der Waals surface area (Å²) in [4.78, 5) is 4.72. The van der Waals surface area contributed by atoms with Gasteiger partial charge in [-0.05, 0) is 22.9 Å². The van der Waals surface area contributed by atoms with E-state index in [1.807, 2.05) is 0 Å². The van der Waals surface area contributed by atoms with Gasteiger partial charge in [-0.25, -0.2) is 0 Å². The number of fused-ring (bicyclic) bond motifs is 2. The van der Waals surface area contributed by atoms with Crippen molar-refractivity contribution >= 4 is 93.4 Å². The highest BCUT2D eigenvalue weighted by Crippen LogP contribution is 2.41. The van der Waals surface area contributed by atoms with Gasteiger partial charge in [-0.15, -0.1) is 0 Å². The van der Waals surface area contributed by atoms with Crippen molar-refractivity contribution < 1.29 is 0 Å². The molecule has 0 aliphatic rings. The van der Waals surface area contributed by atoms with Crippen LogP contribution in [0.4, 0.5) is 11.4 Å². The van der Waals surface area contributed by atoms with Gasteiger partial charge in [0.25, 0.3) is 0 Å². The Morgan fingerprint density at radius 3 is 0.810 bits per heavy atom. The molecule has 0 N–H and O–H groups in total. The fourth-order valence-corrected chi connectivity index (χ4v) is 86.9. The third-order valence-corrected chi connectivity index (χ3v) is 74.1. The first kappa shape index (κ1) is 39.6. The average Bonchev–Trinajstić information content (AvgIpc) is 3.28. The molecule has 8 aromatic rings. The van der Waals surface area contributed by atoms with Gasteiger partial charge in [0.1, 0.15) is 15.2 Å². The zero-order valence-corrected chi connectivity index (χ0v) is 39.4. The van der Waals surface area contributed by atoms with Crippen LogP contribution < -0.4 is 40.9 Å². The van der Waals surface area contributed by atoms with Crippen LogP contribution in [-0.4, -0.2) is 57.6 Å². The summed E-state index contributed by atoms with van der Waals surface area (Å²) < 4.78 is 0. The van der Waals surface area contributed by atoms with Crippen molar-refractivity contribution in [1.29, 1.82) is 0 Å². The zero-order valence-electron chi connectivity index (χ0n) is 35.4. The van der Waals surface area contributed by atoms with Crippen molar-refractivity contribution in [1.82, 2.24) is 0 Å². The normalized spacial score (nSPS) is 14.1. The van der Waals surface area contributed by atoms with Crippen molar-refractivity contribution in [2.75, 3.05) is 38.0 Å². The SMILES string of the molecule is CN(C)c1cccc2cccc([Si@@](C)([Si](C)(c3ccccc3)c3ccccc3)[Si@](C)(c3cccc4cccc(N(C)C)c34)[Si](C)(c3ccccc3)c3ccccc3)c12. The van der Waals surface area contributed by atoms with Crippen LogP contribution >= 0.6 is 0 Å². The van der Waals surface area contributed by atoms with Crippen LogP contribution in [0.25, 0.3) is 21.5 Å². The van der Waals surface area contributed by atoms with Gasteiger partial charge in [0.15, 0.2) is 0 Å². The van der Waals surface area contributed by atoms with Gasteiger partial charge < -0.3 is 9.80 Å². The van der Waals surface area contributed by atoms with E-state index in [2.05, 4.69) is 258 Å². The monoisotopic (exact) mass is 820 g/mol. The molecule has 0 unspecified atom stereocenters. The molecule has 8 aromatic carbocycles. The van der Waals surface area contributed by atoms with Crippen molar-refractivity contribution in [3.05, 3.63) is 194 Å². The molecule has 0 saturated heterocycles. The first-order chi connectivity index (χ1) is 28.0. The summed E-state index contributed by atoms with van der Waals surface area (Å²) in [6.45, 7) is 11.4. The number of hydrogen-bond acceptors (Lipinski definition) is 2. The largest absolute Gasteiger partial charge is 0.377 e. The Morgan fingerprint density at radius 2 is 0.552 bits per heavy atom. The van der Waals surface area contributed by atoms with Crippen LogP contribution in [0.2, 0.25) is 26.2 Å². The third kappa shape index (κ3) is 5.91. The topological polar surface area (TPSA) is 6.48 Å². The highest BCUT2D eigenvalue weighted by molar-refractivity contribution is 7.94. The van der Waals surface area contributed by atoms with Crippen LogP contribution in [0, 0.1) is 0 Å². The minimum absolute atomic E-state index is 1.30. The Balaban J connectivity index is 1.73. The highest BCUT2D eigenvalue weighted by Gasteiger charge is 2.70. The maximum absolute atomic E-state index is 2.98. The van der Waals surface area contributed by atoms with Crippen LogP contribution in [0.15, 0.2) is 194 Å². The summed E-state index contributed by atoms with van der Waals surface area (Å²) in [5, 5.41) is 14.8. The molecule has 0 aromatic heterocycles. The predicted molar refractivity (Wildman–Crippen MR) is 267 cm³/mol. The molecule has 0 radical (unpaired) electrons. The molecule has 8 rings (SSSR count). The second-order valence-electron chi connectivity index (χ2n) is 17.1. The predicted octanol–water partition coefficient (Wildman–Crippen LogP) is 8.42. The quantitative estimate of drug-likeness (QED) is 0.121. The van der Waals surface area contributed by atoms with Gasteiger partial charge in [0.05, 0.1) is 14.2 Å². The van der Waals surface area contributed by atoms with E-state index >= 15 is 0 Å². The van der Waals surface area contributed by atoms with E-state index in [1.54, 1.807) is 10.4 Å². The maximum atomic E-state index is 2.90. The molecule has 0 fully saturated rings. The van der Waals surface area contributed by atoms with E-state index in [4.69, 9.17) is 0 Å². The fourth-order valence-electron chi connectivity index (χ4n) is 10.9. The number of nitrogens with zero attached hydrogens (tertiary/aromatic N) is 2.